The van der Waals surface area contributed by atoms with Gasteiger partial charge in [0.05, 0.1) is 5.41 Å². The van der Waals surface area contributed by atoms with Crippen LogP contribution in [0.2, 0.25) is 0 Å². The summed E-state index contributed by atoms with van der Waals surface area (Å²) in [5, 5.41) is 5.09. The Bertz CT molecular complexity index is 908. The lowest BCUT2D eigenvalue weighted by molar-refractivity contribution is -0.158. The third-order valence-electron chi connectivity index (χ3n) is 5.82. The molecule has 0 heterocycles. The zero-order chi connectivity index (χ0) is 25.6. The molecule has 0 radical (unpaired) electrons. The molecule has 1 aliphatic rings. The Kier molecular flexibility index (Phi) is 9.31. The predicted octanol–water partition coefficient (Wildman–Crippen LogP) is 3.94. The monoisotopic (exact) mass is 496 g/mol. The summed E-state index contributed by atoms with van der Waals surface area (Å²) in [6.45, 7) is 8.19. The molecule has 1 saturated carbocycles. The quantitative estimate of drug-likeness (QED) is 0.349. The van der Waals surface area contributed by atoms with Crippen molar-refractivity contribution in [2.45, 2.75) is 84.3 Å². The number of amides is 2. The van der Waals surface area contributed by atoms with E-state index in [0.29, 0.717) is 12.8 Å². The number of carbonyl (C=O) groups is 3. The van der Waals surface area contributed by atoms with E-state index in [1.165, 1.54) is 13.8 Å². The van der Waals surface area contributed by atoms with Crippen molar-refractivity contribution in [3.8, 4) is 0 Å². The SMILES string of the molecule is C[C@H](NC(=O)C1(CP(=O)(O)[C@H](C)NC(=O)OCc2ccccc2)CCCC1)C(=O)OC(C)(C)C. The van der Waals surface area contributed by atoms with Gasteiger partial charge in [0.25, 0.3) is 0 Å². The molecule has 3 N–H and O–H groups in total. The maximum atomic E-state index is 13.2. The molecule has 0 aromatic heterocycles. The molecule has 0 spiro atoms. The Morgan fingerprint density at radius 3 is 2.24 bits per heavy atom. The van der Waals surface area contributed by atoms with Gasteiger partial charge in [-0.05, 0) is 53.0 Å². The lowest BCUT2D eigenvalue weighted by Gasteiger charge is -2.33. The molecule has 2 amide bonds. The minimum atomic E-state index is -3.99. The number of nitrogens with one attached hydrogen (secondary N) is 2. The number of alkyl carbamates (subject to hydrolysis) is 1. The van der Waals surface area contributed by atoms with E-state index in [1.807, 2.05) is 18.2 Å². The molecule has 34 heavy (non-hydrogen) atoms. The Hall–Kier alpha value is -2.38. The summed E-state index contributed by atoms with van der Waals surface area (Å²) >= 11 is 0. The third kappa shape index (κ3) is 8.13. The molecular weight excluding hydrogens is 459 g/mol. The first-order valence-electron chi connectivity index (χ1n) is 11.6. The Morgan fingerprint density at radius 1 is 1.09 bits per heavy atom. The third-order valence-corrected chi connectivity index (χ3v) is 8.22. The molecule has 10 heteroatoms. The molecular formula is C24H37N2O7P. The molecule has 1 unspecified atom stereocenters. The van der Waals surface area contributed by atoms with Crippen LogP contribution in [0.5, 0.6) is 0 Å². The summed E-state index contributed by atoms with van der Waals surface area (Å²) in [6, 6.07) is 8.18. The molecule has 9 nitrogen and oxygen atoms in total. The highest BCUT2D eigenvalue weighted by molar-refractivity contribution is 7.58. The highest BCUT2D eigenvalue weighted by atomic mass is 31.2. The molecule has 190 valence electrons. The van der Waals surface area contributed by atoms with Gasteiger partial charge in [-0.3, -0.25) is 9.36 Å². The minimum absolute atomic E-state index is 0.0318. The number of carbonyl (C=O) groups excluding carboxylic acids is 3. The highest BCUT2D eigenvalue weighted by Crippen LogP contribution is 2.54. The van der Waals surface area contributed by atoms with Crippen LogP contribution in [-0.4, -0.2) is 46.5 Å². The maximum absolute atomic E-state index is 13.2. The van der Waals surface area contributed by atoms with Crippen molar-refractivity contribution in [2.75, 3.05) is 6.16 Å². The summed E-state index contributed by atoms with van der Waals surface area (Å²) in [4.78, 5) is 48.4. The van der Waals surface area contributed by atoms with Crippen molar-refractivity contribution < 1.29 is 33.3 Å². The van der Waals surface area contributed by atoms with Crippen LogP contribution in [-0.2, 0) is 30.2 Å². The Labute approximate surface area is 201 Å². The number of benzene rings is 1. The summed E-state index contributed by atoms with van der Waals surface area (Å²) in [5.74, 6) is -2.13. The number of hydrogen-bond donors (Lipinski definition) is 3. The molecule has 1 aromatic carbocycles. The predicted molar refractivity (Wildman–Crippen MR) is 128 cm³/mol. The van der Waals surface area contributed by atoms with Gasteiger partial charge in [-0.1, -0.05) is 43.2 Å². The van der Waals surface area contributed by atoms with E-state index < -0.39 is 48.2 Å². The largest absolute Gasteiger partial charge is 0.458 e. The van der Waals surface area contributed by atoms with Crippen molar-refractivity contribution in [3.63, 3.8) is 0 Å². The fourth-order valence-corrected chi connectivity index (χ4v) is 5.82. The van der Waals surface area contributed by atoms with Gasteiger partial charge in [0.1, 0.15) is 24.0 Å². The van der Waals surface area contributed by atoms with Gasteiger partial charge < -0.3 is 25.0 Å². The summed E-state index contributed by atoms with van der Waals surface area (Å²) in [5.41, 5.74) is -0.999. The van der Waals surface area contributed by atoms with Gasteiger partial charge in [-0.25, -0.2) is 9.59 Å². The van der Waals surface area contributed by atoms with Crippen molar-refractivity contribution in [2.24, 2.45) is 5.41 Å². The van der Waals surface area contributed by atoms with E-state index in [1.54, 1.807) is 32.9 Å². The van der Waals surface area contributed by atoms with Crippen LogP contribution < -0.4 is 10.6 Å². The average molecular weight is 497 g/mol. The summed E-state index contributed by atoms with van der Waals surface area (Å²) < 4.78 is 23.7. The summed E-state index contributed by atoms with van der Waals surface area (Å²) in [6.07, 6.45) is 1.21. The van der Waals surface area contributed by atoms with Gasteiger partial charge in [0.2, 0.25) is 13.3 Å². The Balaban J connectivity index is 2.00. The van der Waals surface area contributed by atoms with Gasteiger partial charge in [0.15, 0.2) is 0 Å². The smallest absolute Gasteiger partial charge is 0.408 e. The molecule has 1 fully saturated rings. The molecule has 0 saturated heterocycles. The second-order valence-corrected chi connectivity index (χ2v) is 12.6. The van der Waals surface area contributed by atoms with Gasteiger partial charge in [-0.2, -0.15) is 0 Å². The topological polar surface area (TPSA) is 131 Å². The zero-order valence-corrected chi connectivity index (χ0v) is 21.5. The van der Waals surface area contributed by atoms with Gasteiger partial charge in [-0.15, -0.1) is 0 Å². The minimum Gasteiger partial charge on any atom is -0.458 e. The fraction of sp³-hybridized carbons (Fsp3) is 0.625. The fourth-order valence-electron chi connectivity index (χ4n) is 3.91. The standard InChI is InChI=1S/C24H37N2O7P/c1-17(20(27)33-23(3,4)5)25-21(28)24(13-9-10-14-24)16-34(30,31)18(2)26-22(29)32-15-19-11-7-6-8-12-19/h6-8,11-12,17-18H,9-10,13-16H2,1-5H3,(H,25,28)(H,26,29)(H,30,31)/t17-,18+/m0/s1. The van der Waals surface area contributed by atoms with E-state index in [9.17, 15) is 23.8 Å². The zero-order valence-electron chi connectivity index (χ0n) is 20.6. The molecule has 1 aliphatic carbocycles. The number of ether oxygens (including phenoxy) is 2. The van der Waals surface area contributed by atoms with Crippen molar-refractivity contribution >= 4 is 25.3 Å². The summed E-state index contributed by atoms with van der Waals surface area (Å²) in [7, 11) is -3.99. The average Bonchev–Trinajstić information content (AvgIpc) is 3.20. The number of hydrogen-bond acceptors (Lipinski definition) is 6. The maximum Gasteiger partial charge on any atom is 0.408 e. The van der Waals surface area contributed by atoms with E-state index in [4.69, 9.17) is 9.47 Å². The van der Waals surface area contributed by atoms with Crippen molar-refractivity contribution in [1.29, 1.82) is 0 Å². The number of rotatable bonds is 9. The number of esters is 1. The second kappa shape index (κ2) is 11.4. The first-order valence-corrected chi connectivity index (χ1v) is 13.5. The molecule has 2 rings (SSSR count). The van der Waals surface area contributed by atoms with E-state index in [2.05, 4.69) is 10.6 Å². The van der Waals surface area contributed by atoms with Crippen molar-refractivity contribution in [1.82, 2.24) is 10.6 Å². The highest BCUT2D eigenvalue weighted by Gasteiger charge is 2.48. The van der Waals surface area contributed by atoms with Crippen LogP contribution in [0, 0.1) is 5.41 Å². The van der Waals surface area contributed by atoms with Crippen LogP contribution in [0.3, 0.4) is 0 Å². The van der Waals surface area contributed by atoms with Gasteiger partial charge in [0, 0.05) is 6.16 Å². The van der Waals surface area contributed by atoms with Crippen molar-refractivity contribution in [3.05, 3.63) is 35.9 Å². The van der Waals surface area contributed by atoms with Crippen LogP contribution in [0.1, 0.15) is 65.9 Å². The Morgan fingerprint density at radius 2 is 1.68 bits per heavy atom. The molecule has 0 aliphatic heterocycles. The van der Waals surface area contributed by atoms with Crippen LogP contribution in [0.25, 0.3) is 0 Å². The van der Waals surface area contributed by atoms with Gasteiger partial charge >= 0.3 is 12.1 Å². The lowest BCUT2D eigenvalue weighted by Crippen LogP contribution is -2.49. The molecule has 0 bridgehead atoms. The van der Waals surface area contributed by atoms with Crippen LogP contribution >= 0.6 is 7.37 Å². The first-order chi connectivity index (χ1) is 15.7. The first kappa shape index (κ1) is 27.9. The molecule has 3 atom stereocenters. The normalized spacial score (nSPS) is 18.8. The van der Waals surface area contributed by atoms with Crippen LogP contribution in [0.4, 0.5) is 4.79 Å². The molecule has 1 aromatic rings. The van der Waals surface area contributed by atoms with Crippen LogP contribution in [0.15, 0.2) is 30.3 Å². The van der Waals surface area contributed by atoms with E-state index in [-0.39, 0.29) is 12.8 Å². The lowest BCUT2D eigenvalue weighted by atomic mass is 9.87. The van der Waals surface area contributed by atoms with E-state index in [0.717, 1.165) is 18.4 Å². The van der Waals surface area contributed by atoms with E-state index >= 15 is 0 Å². The second-order valence-electron chi connectivity index (χ2n) is 10.0.